The van der Waals surface area contributed by atoms with Crippen LogP contribution in [0, 0.1) is 11.8 Å². The maximum Gasteiger partial charge on any atom is 0.131 e. The van der Waals surface area contributed by atoms with E-state index < -0.39 is 6.10 Å². The molecule has 4 heterocycles. The molecule has 5 heteroatoms. The van der Waals surface area contributed by atoms with Crippen molar-refractivity contribution in [2.75, 3.05) is 27.2 Å². The number of aromatic nitrogens is 1. The zero-order valence-electron chi connectivity index (χ0n) is 15.4. The first-order valence-corrected chi connectivity index (χ1v) is 9.13. The number of hydrogen-bond acceptors (Lipinski definition) is 3. The van der Waals surface area contributed by atoms with Crippen molar-refractivity contribution < 1.29 is 26.7 Å². The highest BCUT2D eigenvalue weighted by molar-refractivity contribution is 5.83. The summed E-state index contributed by atoms with van der Waals surface area (Å²) in [6, 6.07) is 8.06. The minimum Gasteiger partial charge on any atom is -1.00 e. The van der Waals surface area contributed by atoms with Crippen LogP contribution < -0.4 is 17.1 Å². The topological polar surface area (TPSA) is 42.4 Å². The van der Waals surface area contributed by atoms with Gasteiger partial charge in [0.05, 0.1) is 32.8 Å². The number of aliphatic hydroxyl groups excluding tert-OH is 1. The highest BCUT2D eigenvalue weighted by atomic mass is 35.5. The second-order valence-corrected chi connectivity index (χ2v) is 7.87. The minimum atomic E-state index is -0.490. The average Bonchev–Trinajstić information content (AvgIpc) is 2.66. The van der Waals surface area contributed by atoms with E-state index in [9.17, 15) is 5.11 Å². The molecular weight excluding hydrogens is 348 g/mol. The van der Waals surface area contributed by atoms with Crippen molar-refractivity contribution in [2.24, 2.45) is 11.8 Å². The monoisotopic (exact) mass is 374 g/mol. The zero-order valence-corrected chi connectivity index (χ0v) is 16.2. The van der Waals surface area contributed by atoms with Gasteiger partial charge in [0.15, 0.2) is 0 Å². The molecule has 1 N–H and O–H groups in total. The van der Waals surface area contributed by atoms with Crippen LogP contribution in [0.1, 0.15) is 24.5 Å². The third kappa shape index (κ3) is 3.00. The van der Waals surface area contributed by atoms with E-state index in [1.165, 1.54) is 6.42 Å². The zero-order chi connectivity index (χ0) is 17.6. The summed E-state index contributed by atoms with van der Waals surface area (Å²) in [7, 11) is 3.96. The molecule has 3 saturated heterocycles. The minimum absolute atomic E-state index is 0. The number of quaternary nitrogens is 1. The van der Waals surface area contributed by atoms with Gasteiger partial charge in [0, 0.05) is 30.3 Å². The van der Waals surface area contributed by atoms with Crippen molar-refractivity contribution in [3.8, 4) is 5.75 Å². The van der Waals surface area contributed by atoms with E-state index in [1.54, 1.807) is 13.3 Å². The molecule has 5 atom stereocenters. The number of aliphatic hydroxyl groups is 1. The summed E-state index contributed by atoms with van der Waals surface area (Å²) >= 11 is 0. The van der Waals surface area contributed by atoms with Crippen molar-refractivity contribution >= 4 is 10.9 Å². The molecule has 4 nitrogen and oxygen atoms in total. The molecule has 0 aliphatic carbocycles. The van der Waals surface area contributed by atoms with E-state index >= 15 is 0 Å². The molecule has 2 bridgehead atoms. The average molecular weight is 375 g/mol. The van der Waals surface area contributed by atoms with E-state index in [0.29, 0.717) is 11.8 Å². The second-order valence-electron chi connectivity index (χ2n) is 7.87. The number of pyridine rings is 1. The fourth-order valence-electron chi connectivity index (χ4n) is 5.03. The summed E-state index contributed by atoms with van der Waals surface area (Å²) in [5.74, 6) is 2.03. The molecule has 0 radical (unpaired) electrons. The van der Waals surface area contributed by atoms with Gasteiger partial charge in [0.2, 0.25) is 0 Å². The Balaban J connectivity index is 0.00000196. The second kappa shape index (κ2) is 7.18. The Labute approximate surface area is 161 Å². The molecule has 0 saturated carbocycles. The number of likely N-dealkylation sites (N-methyl/N-ethyl adjacent to an activating group) is 1. The van der Waals surface area contributed by atoms with E-state index in [0.717, 1.165) is 46.2 Å². The lowest BCUT2D eigenvalue weighted by Crippen LogP contribution is -3.00. The highest BCUT2D eigenvalue weighted by Gasteiger charge is 2.51. The van der Waals surface area contributed by atoms with Crippen LogP contribution in [0.3, 0.4) is 0 Å². The van der Waals surface area contributed by atoms with Crippen molar-refractivity contribution in [1.29, 1.82) is 0 Å². The Morgan fingerprint density at radius 1 is 1.38 bits per heavy atom. The third-order valence-electron chi connectivity index (χ3n) is 6.56. The van der Waals surface area contributed by atoms with Gasteiger partial charge >= 0.3 is 0 Å². The molecular formula is C21H27ClN2O2. The molecule has 3 aliphatic heterocycles. The maximum absolute atomic E-state index is 11.3. The lowest BCUT2D eigenvalue weighted by Gasteiger charge is -2.56. The molecule has 140 valence electrons. The first-order chi connectivity index (χ1) is 12.1. The standard InChI is InChI=1S/C21H27N2O2.ClH/c1-4-14-13-23(2)10-8-15(14)11-20(23)21(24)17-7-9-22-19-6-5-16(25-3)12-18(17)19;/h4-7,9,12,14-15,20-21,24H,1,8,10-11,13H2,2-3H3;1H/q+1;/p-1/t14?,15?,20-,21-,23?;/m0./s1. The fraction of sp³-hybridized carbons (Fsp3) is 0.476. The Hall–Kier alpha value is -1.62. The number of fused-ring (bicyclic) bond motifs is 4. The number of hydrogen-bond donors (Lipinski definition) is 1. The lowest BCUT2D eigenvalue weighted by molar-refractivity contribution is -0.956. The number of benzene rings is 1. The quantitative estimate of drug-likeness (QED) is 0.619. The van der Waals surface area contributed by atoms with Gasteiger partial charge in [-0.05, 0) is 35.7 Å². The van der Waals surface area contributed by atoms with E-state index in [-0.39, 0.29) is 18.4 Å². The molecule has 0 amide bonds. The van der Waals surface area contributed by atoms with Crippen LogP contribution in [0.4, 0.5) is 0 Å². The molecule has 3 unspecified atom stereocenters. The Bertz CT molecular complexity index is 812. The summed E-state index contributed by atoms with van der Waals surface area (Å²) in [6.07, 6.45) is 5.73. The maximum atomic E-state index is 11.3. The SMILES string of the molecule is C=CC1C[N+]2(C)CCC1C[C@H]2[C@@H](O)c1ccnc2ccc(OC)cc12.[Cl-]. The van der Waals surface area contributed by atoms with Gasteiger partial charge in [-0.25, -0.2) is 0 Å². The van der Waals surface area contributed by atoms with Crippen molar-refractivity contribution in [2.45, 2.75) is 25.0 Å². The molecule has 3 fully saturated rings. The summed E-state index contributed by atoms with van der Waals surface area (Å²) in [6.45, 7) is 6.26. The van der Waals surface area contributed by atoms with Crippen molar-refractivity contribution in [3.63, 3.8) is 0 Å². The van der Waals surface area contributed by atoms with Gasteiger partial charge in [0.25, 0.3) is 0 Å². The van der Waals surface area contributed by atoms with Crippen LogP contribution in [0.15, 0.2) is 43.1 Å². The number of halogens is 1. The van der Waals surface area contributed by atoms with Crippen LogP contribution in [0.2, 0.25) is 0 Å². The van der Waals surface area contributed by atoms with Gasteiger partial charge in [0.1, 0.15) is 17.9 Å². The normalized spacial score (nSPS) is 31.3. The smallest absolute Gasteiger partial charge is 0.131 e. The van der Waals surface area contributed by atoms with Crippen molar-refractivity contribution in [1.82, 2.24) is 4.98 Å². The van der Waals surface area contributed by atoms with Gasteiger partial charge in [-0.2, -0.15) is 0 Å². The van der Waals surface area contributed by atoms with Gasteiger partial charge in [-0.1, -0.05) is 6.08 Å². The molecule has 3 aliphatic rings. The molecule has 1 aromatic heterocycles. The Morgan fingerprint density at radius 3 is 2.88 bits per heavy atom. The first-order valence-electron chi connectivity index (χ1n) is 9.13. The van der Waals surface area contributed by atoms with Crippen LogP contribution in [0.5, 0.6) is 5.75 Å². The van der Waals surface area contributed by atoms with Crippen molar-refractivity contribution in [3.05, 3.63) is 48.7 Å². The molecule has 5 rings (SSSR count). The predicted molar refractivity (Wildman–Crippen MR) is 99.4 cm³/mol. The number of nitrogens with zero attached hydrogens (tertiary/aromatic N) is 2. The summed E-state index contributed by atoms with van der Waals surface area (Å²) in [4.78, 5) is 4.45. The van der Waals surface area contributed by atoms with Crippen LogP contribution >= 0.6 is 0 Å². The van der Waals surface area contributed by atoms with Crippen LogP contribution in [-0.2, 0) is 0 Å². The number of methoxy groups -OCH3 is 1. The molecule has 26 heavy (non-hydrogen) atoms. The summed E-state index contributed by atoms with van der Waals surface area (Å²) in [5.41, 5.74) is 1.87. The predicted octanol–water partition coefficient (Wildman–Crippen LogP) is 0.322. The molecule has 2 aromatic rings. The van der Waals surface area contributed by atoms with E-state index in [2.05, 4.69) is 24.7 Å². The Morgan fingerprint density at radius 2 is 2.19 bits per heavy atom. The lowest BCUT2D eigenvalue weighted by atomic mass is 9.72. The van der Waals surface area contributed by atoms with E-state index in [1.807, 2.05) is 24.3 Å². The molecule has 0 spiro atoms. The third-order valence-corrected chi connectivity index (χ3v) is 6.56. The largest absolute Gasteiger partial charge is 1.00 e. The number of ether oxygens (including phenoxy) is 1. The Kier molecular flexibility index (Phi) is 5.29. The number of piperidine rings is 3. The highest BCUT2D eigenvalue weighted by Crippen LogP contribution is 2.45. The summed E-state index contributed by atoms with van der Waals surface area (Å²) in [5, 5.41) is 12.3. The summed E-state index contributed by atoms with van der Waals surface area (Å²) < 4.78 is 6.31. The first kappa shape index (κ1) is 19.2. The van der Waals surface area contributed by atoms with E-state index in [4.69, 9.17) is 4.74 Å². The number of rotatable bonds is 4. The molecule has 1 aromatic carbocycles. The van der Waals surface area contributed by atoms with Crippen LogP contribution in [0.25, 0.3) is 10.9 Å². The fourth-order valence-corrected chi connectivity index (χ4v) is 5.03. The van der Waals surface area contributed by atoms with Gasteiger partial charge in [-0.3, -0.25) is 4.98 Å². The van der Waals surface area contributed by atoms with Gasteiger partial charge < -0.3 is 26.7 Å². The van der Waals surface area contributed by atoms with Crippen LogP contribution in [-0.4, -0.2) is 47.9 Å². The van der Waals surface area contributed by atoms with Gasteiger partial charge in [-0.15, -0.1) is 6.58 Å².